The predicted molar refractivity (Wildman–Crippen MR) is 60.3 cm³/mol. The molecule has 124 valence electrons. The summed E-state index contributed by atoms with van der Waals surface area (Å²) in [4.78, 5) is 55.5. The molecule has 0 rings (SSSR count). The van der Waals surface area contributed by atoms with E-state index in [4.69, 9.17) is 0 Å². The summed E-state index contributed by atoms with van der Waals surface area (Å²) in [6.45, 7) is -1.46. The Labute approximate surface area is 119 Å². The second kappa shape index (κ2) is 8.87. The first-order chi connectivity index (χ1) is 10.2. The zero-order valence-corrected chi connectivity index (χ0v) is 10.7. The van der Waals surface area contributed by atoms with Gasteiger partial charge in [0.05, 0.1) is 19.7 Å². The summed E-state index contributed by atoms with van der Waals surface area (Å²) in [5.41, 5.74) is 0. The lowest BCUT2D eigenvalue weighted by atomic mass is 10.4. The Balaban J connectivity index is 4.05. The molecule has 0 saturated heterocycles. The minimum absolute atomic E-state index is 0.589. The van der Waals surface area contributed by atoms with E-state index in [2.05, 4.69) is 9.68 Å². The number of rotatable bonds is 12. The van der Waals surface area contributed by atoms with Crippen LogP contribution in [-0.2, 0) is 9.68 Å². The fourth-order valence-electron chi connectivity index (χ4n) is 1.08. The van der Waals surface area contributed by atoms with Gasteiger partial charge in [-0.15, -0.1) is 0 Å². The number of hydrogen-bond donors (Lipinski definition) is 0. The van der Waals surface area contributed by atoms with Crippen molar-refractivity contribution in [3.63, 3.8) is 0 Å². The summed E-state index contributed by atoms with van der Waals surface area (Å²) >= 11 is 0. The third kappa shape index (κ3) is 6.82. The highest BCUT2D eigenvalue weighted by atomic mass is 17.0. The van der Waals surface area contributed by atoms with Crippen LogP contribution in [0.1, 0.15) is 12.8 Å². The molecule has 0 aliphatic carbocycles. The van der Waals surface area contributed by atoms with Crippen LogP contribution in [0.3, 0.4) is 0 Å². The summed E-state index contributed by atoms with van der Waals surface area (Å²) in [5, 5.41) is 40.4. The SMILES string of the molecule is O=[N+](OCCC([N+](=O)[O-])[N+](=O)[O-])OCCC([N+](=O)[O-])[N+](=O)[O-]. The normalized spacial score (nSPS) is 10.3. The number of nitrogens with zero attached hydrogens (tertiary/aromatic N) is 5. The Morgan fingerprint density at radius 2 is 0.909 bits per heavy atom. The molecule has 0 heterocycles. The fourth-order valence-corrected chi connectivity index (χ4v) is 1.08. The van der Waals surface area contributed by atoms with Gasteiger partial charge in [0.25, 0.3) is 0 Å². The third-order valence-corrected chi connectivity index (χ3v) is 2.12. The highest BCUT2D eigenvalue weighted by molar-refractivity contribution is 4.40. The zero-order valence-electron chi connectivity index (χ0n) is 10.7. The third-order valence-electron chi connectivity index (χ3n) is 2.12. The van der Waals surface area contributed by atoms with Gasteiger partial charge in [0.1, 0.15) is 17.7 Å². The minimum Gasteiger partial charge on any atom is -0.259 e. The highest BCUT2D eigenvalue weighted by Gasteiger charge is 2.35. The van der Waals surface area contributed by atoms with E-state index < -0.39 is 63.2 Å². The van der Waals surface area contributed by atoms with Crippen LogP contribution in [0.2, 0.25) is 0 Å². The van der Waals surface area contributed by atoms with E-state index >= 15 is 0 Å². The topological polar surface area (TPSA) is 211 Å². The molecule has 0 amide bonds. The van der Waals surface area contributed by atoms with Crippen LogP contribution >= 0.6 is 0 Å². The Morgan fingerprint density at radius 1 is 0.636 bits per heavy atom. The molecule has 0 aliphatic rings. The van der Waals surface area contributed by atoms with Gasteiger partial charge in [-0.2, -0.15) is 9.68 Å². The molecule has 0 fully saturated rings. The van der Waals surface area contributed by atoms with Gasteiger partial charge in [0.2, 0.25) is 0 Å². The van der Waals surface area contributed by atoms with Gasteiger partial charge in [-0.1, -0.05) is 0 Å². The fraction of sp³-hybridized carbons (Fsp3) is 1.00. The lowest BCUT2D eigenvalue weighted by Crippen LogP contribution is -2.31. The molecule has 0 aromatic rings. The molecule has 0 N–H and O–H groups in total. The maximum Gasteiger partial charge on any atom is 0.477 e. The van der Waals surface area contributed by atoms with E-state index in [0.29, 0.717) is 0 Å². The Morgan fingerprint density at radius 3 is 1.14 bits per heavy atom. The van der Waals surface area contributed by atoms with Crippen molar-refractivity contribution in [2.45, 2.75) is 25.2 Å². The summed E-state index contributed by atoms with van der Waals surface area (Å²) < 4.78 is 0. The summed E-state index contributed by atoms with van der Waals surface area (Å²) in [5.74, 6) is 0. The summed E-state index contributed by atoms with van der Waals surface area (Å²) in [7, 11) is 0. The molecule has 0 radical (unpaired) electrons. The first-order valence-corrected chi connectivity index (χ1v) is 5.43. The average molecular weight is 328 g/mol. The van der Waals surface area contributed by atoms with Gasteiger partial charge in [-0.25, -0.2) is 0 Å². The van der Waals surface area contributed by atoms with Crippen molar-refractivity contribution in [2.75, 3.05) is 13.2 Å². The van der Waals surface area contributed by atoms with Crippen molar-refractivity contribution in [1.82, 2.24) is 0 Å². The van der Waals surface area contributed by atoms with E-state index in [1.54, 1.807) is 0 Å². The smallest absolute Gasteiger partial charge is 0.259 e. The standard InChI is InChI=1S/C6H10N5O11/c12-7(13)5(8(14)15)1-3-21-11(20)22-4-2-6(9(16)17)10(18)19/h5-6H,1-4H2/q+1. The molecular weight excluding hydrogens is 318 g/mol. The molecule has 16 nitrogen and oxygen atoms in total. The van der Waals surface area contributed by atoms with Crippen LogP contribution in [-0.4, -0.2) is 50.3 Å². The maximum absolute atomic E-state index is 10.9. The zero-order chi connectivity index (χ0) is 17.3. The molecule has 0 bridgehead atoms. The van der Waals surface area contributed by atoms with Crippen LogP contribution in [0, 0.1) is 45.4 Å². The average Bonchev–Trinajstić information content (AvgIpc) is 2.37. The summed E-state index contributed by atoms with van der Waals surface area (Å²) in [6.07, 6.45) is -5.79. The van der Waals surface area contributed by atoms with Gasteiger partial charge in [-0.3, -0.25) is 40.5 Å². The van der Waals surface area contributed by atoms with E-state index in [9.17, 15) is 45.4 Å². The molecule has 0 atom stereocenters. The van der Waals surface area contributed by atoms with Crippen LogP contribution < -0.4 is 0 Å². The number of nitro groups is 4. The first kappa shape index (κ1) is 18.8. The van der Waals surface area contributed by atoms with Crippen molar-refractivity contribution in [3.8, 4) is 0 Å². The molecule has 0 aromatic carbocycles. The van der Waals surface area contributed by atoms with E-state index in [1.165, 1.54) is 0 Å². The lowest BCUT2D eigenvalue weighted by Gasteiger charge is -2.00. The molecular formula is C6H10N5O11+. The van der Waals surface area contributed by atoms with Gasteiger partial charge in [-0.05, 0) is 0 Å². The van der Waals surface area contributed by atoms with Gasteiger partial charge >= 0.3 is 17.4 Å². The van der Waals surface area contributed by atoms with Crippen LogP contribution in [0.15, 0.2) is 0 Å². The lowest BCUT2D eigenvalue weighted by molar-refractivity contribution is -0.982. The summed E-state index contributed by atoms with van der Waals surface area (Å²) in [6, 6.07) is 0. The molecule has 0 spiro atoms. The molecule has 22 heavy (non-hydrogen) atoms. The molecule has 0 aliphatic heterocycles. The van der Waals surface area contributed by atoms with Crippen molar-refractivity contribution < 1.29 is 34.5 Å². The monoisotopic (exact) mass is 328 g/mol. The van der Waals surface area contributed by atoms with Crippen LogP contribution in [0.5, 0.6) is 0 Å². The minimum atomic E-state index is -2.17. The highest BCUT2D eigenvalue weighted by Crippen LogP contribution is 2.01. The number of hydrogen-bond acceptors (Lipinski definition) is 11. The van der Waals surface area contributed by atoms with Gasteiger partial charge in [0, 0.05) is 0 Å². The van der Waals surface area contributed by atoms with Crippen molar-refractivity contribution in [1.29, 1.82) is 0 Å². The van der Waals surface area contributed by atoms with E-state index in [-0.39, 0.29) is 0 Å². The van der Waals surface area contributed by atoms with Crippen LogP contribution in [0.25, 0.3) is 0 Å². The Hall–Kier alpha value is -3.20. The van der Waals surface area contributed by atoms with Crippen molar-refractivity contribution >= 4 is 0 Å². The molecule has 0 saturated carbocycles. The Kier molecular flexibility index (Phi) is 7.58. The largest absolute Gasteiger partial charge is 0.477 e. The Bertz CT molecular complexity index is 398. The van der Waals surface area contributed by atoms with E-state index in [1.807, 2.05) is 0 Å². The first-order valence-electron chi connectivity index (χ1n) is 5.43. The van der Waals surface area contributed by atoms with E-state index in [0.717, 1.165) is 0 Å². The second-order valence-corrected chi connectivity index (χ2v) is 3.57. The van der Waals surface area contributed by atoms with Crippen molar-refractivity contribution in [2.24, 2.45) is 0 Å². The molecule has 16 heteroatoms. The quantitative estimate of drug-likeness (QED) is 0.245. The maximum atomic E-state index is 10.9. The predicted octanol–water partition coefficient (Wildman–Crippen LogP) is -0.832. The van der Waals surface area contributed by atoms with Gasteiger partial charge < -0.3 is 0 Å². The second-order valence-electron chi connectivity index (χ2n) is 3.57. The van der Waals surface area contributed by atoms with Crippen molar-refractivity contribution in [3.05, 3.63) is 45.4 Å². The van der Waals surface area contributed by atoms with Crippen LogP contribution in [0.4, 0.5) is 0 Å². The van der Waals surface area contributed by atoms with Gasteiger partial charge in [0.15, 0.2) is 13.2 Å². The molecule has 0 unspecified atom stereocenters. The molecule has 0 aromatic heterocycles.